The predicted molar refractivity (Wildman–Crippen MR) is 58.6 cm³/mol. The Kier molecular flexibility index (Phi) is 4.17. The predicted octanol–water partition coefficient (Wildman–Crippen LogP) is 2.47. The molecule has 0 aliphatic heterocycles. The summed E-state index contributed by atoms with van der Waals surface area (Å²) in [6.07, 6.45) is 12.6. The Morgan fingerprint density at radius 2 is 2.43 bits per heavy atom. The lowest BCUT2D eigenvalue weighted by Crippen LogP contribution is -2.11. The Bertz CT molecular complexity index is 297. The van der Waals surface area contributed by atoms with Crippen LogP contribution >= 0.6 is 0 Å². The molecule has 0 saturated heterocycles. The number of allylic oxidation sites excluding steroid dienone is 5. The molecule has 0 saturated carbocycles. The largest absolute Gasteiger partial charge is 0.366 e. The zero-order chi connectivity index (χ0) is 10.4. The summed E-state index contributed by atoms with van der Waals surface area (Å²) in [5.74, 6) is -0.313. The van der Waals surface area contributed by atoms with Crippen molar-refractivity contribution in [2.45, 2.75) is 32.6 Å². The molecule has 0 aromatic rings. The maximum absolute atomic E-state index is 10.7. The van der Waals surface area contributed by atoms with Crippen LogP contribution in [0.15, 0.2) is 35.5 Å². The van der Waals surface area contributed by atoms with Gasteiger partial charge in [-0.2, -0.15) is 0 Å². The second kappa shape index (κ2) is 5.43. The highest BCUT2D eigenvalue weighted by Gasteiger charge is 1.99. The van der Waals surface area contributed by atoms with E-state index in [0.717, 1.165) is 25.7 Å². The normalized spacial score (nSPS) is 15.8. The van der Waals surface area contributed by atoms with Gasteiger partial charge in [0.15, 0.2) is 0 Å². The monoisotopic (exact) mass is 191 g/mol. The van der Waals surface area contributed by atoms with Crippen molar-refractivity contribution in [3.63, 3.8) is 0 Å². The van der Waals surface area contributed by atoms with Crippen molar-refractivity contribution in [3.8, 4) is 0 Å². The Hall–Kier alpha value is -1.31. The molecule has 14 heavy (non-hydrogen) atoms. The number of carbonyl (C=O) groups is 1. The number of hydrogen-bond donors (Lipinski definition) is 1. The molecule has 0 spiro atoms. The van der Waals surface area contributed by atoms with E-state index in [-0.39, 0.29) is 5.91 Å². The standard InChI is InChI=1S/C12H17NO/c1-10(12(13)14)6-2-3-7-11-8-4-5-9-11/h4-6,8H,2-3,7,9H2,1H3,(H2,13,14). The average Bonchev–Trinajstić information content (AvgIpc) is 2.64. The molecule has 0 fully saturated rings. The Balaban J connectivity index is 2.16. The van der Waals surface area contributed by atoms with Gasteiger partial charge in [0.05, 0.1) is 0 Å². The van der Waals surface area contributed by atoms with Crippen LogP contribution in [0.5, 0.6) is 0 Å². The van der Waals surface area contributed by atoms with Gasteiger partial charge in [0, 0.05) is 5.57 Å². The van der Waals surface area contributed by atoms with Crippen molar-refractivity contribution in [3.05, 3.63) is 35.5 Å². The van der Waals surface area contributed by atoms with E-state index in [4.69, 9.17) is 5.73 Å². The summed E-state index contributed by atoms with van der Waals surface area (Å²) in [6.45, 7) is 1.76. The highest BCUT2D eigenvalue weighted by atomic mass is 16.1. The number of unbranched alkanes of at least 4 members (excludes halogenated alkanes) is 1. The maximum atomic E-state index is 10.7. The van der Waals surface area contributed by atoms with E-state index in [1.165, 1.54) is 5.57 Å². The first-order valence-electron chi connectivity index (χ1n) is 5.01. The van der Waals surface area contributed by atoms with Gasteiger partial charge in [0.25, 0.3) is 0 Å². The molecule has 1 aliphatic carbocycles. The Morgan fingerprint density at radius 3 is 3.00 bits per heavy atom. The lowest BCUT2D eigenvalue weighted by atomic mass is 10.1. The quantitative estimate of drug-likeness (QED) is 0.526. The minimum absolute atomic E-state index is 0.313. The molecule has 1 amide bonds. The minimum atomic E-state index is -0.313. The summed E-state index contributed by atoms with van der Waals surface area (Å²) in [5.41, 5.74) is 7.26. The van der Waals surface area contributed by atoms with Crippen LogP contribution in [0.25, 0.3) is 0 Å². The second-order valence-electron chi connectivity index (χ2n) is 3.60. The topological polar surface area (TPSA) is 43.1 Å². The third kappa shape index (κ3) is 3.60. The van der Waals surface area contributed by atoms with Crippen molar-refractivity contribution >= 4 is 5.91 Å². The van der Waals surface area contributed by atoms with Crippen LogP contribution in [0, 0.1) is 0 Å². The van der Waals surface area contributed by atoms with E-state index >= 15 is 0 Å². The number of primary amides is 1. The van der Waals surface area contributed by atoms with E-state index < -0.39 is 0 Å². The first-order valence-corrected chi connectivity index (χ1v) is 5.01. The van der Waals surface area contributed by atoms with Crippen LogP contribution in [0.2, 0.25) is 0 Å². The van der Waals surface area contributed by atoms with Crippen LogP contribution in [0.4, 0.5) is 0 Å². The van der Waals surface area contributed by atoms with Gasteiger partial charge >= 0.3 is 0 Å². The second-order valence-corrected chi connectivity index (χ2v) is 3.60. The Morgan fingerprint density at radius 1 is 1.64 bits per heavy atom. The summed E-state index contributed by atoms with van der Waals surface area (Å²) in [4.78, 5) is 10.7. The molecule has 0 unspecified atom stereocenters. The van der Waals surface area contributed by atoms with Crippen molar-refractivity contribution in [2.24, 2.45) is 5.73 Å². The molecular formula is C12H17NO. The Labute approximate surface area is 85.2 Å². The highest BCUT2D eigenvalue weighted by molar-refractivity contribution is 5.91. The maximum Gasteiger partial charge on any atom is 0.244 e. The summed E-state index contributed by atoms with van der Waals surface area (Å²) >= 11 is 0. The molecule has 0 radical (unpaired) electrons. The average molecular weight is 191 g/mol. The van der Waals surface area contributed by atoms with Gasteiger partial charge in [-0.1, -0.05) is 29.9 Å². The number of carbonyl (C=O) groups excluding carboxylic acids is 1. The molecule has 2 nitrogen and oxygen atoms in total. The van der Waals surface area contributed by atoms with Crippen molar-refractivity contribution in [1.29, 1.82) is 0 Å². The van der Waals surface area contributed by atoms with Crippen LogP contribution in [-0.2, 0) is 4.79 Å². The van der Waals surface area contributed by atoms with Crippen molar-refractivity contribution in [2.75, 3.05) is 0 Å². The van der Waals surface area contributed by atoms with Gasteiger partial charge in [0.2, 0.25) is 5.91 Å². The van der Waals surface area contributed by atoms with Crippen molar-refractivity contribution in [1.82, 2.24) is 0 Å². The van der Waals surface area contributed by atoms with E-state index in [1.54, 1.807) is 6.92 Å². The fraction of sp³-hybridized carbons (Fsp3) is 0.417. The van der Waals surface area contributed by atoms with E-state index in [2.05, 4.69) is 18.2 Å². The first-order chi connectivity index (χ1) is 6.70. The van der Waals surface area contributed by atoms with Crippen LogP contribution in [0.1, 0.15) is 32.6 Å². The summed E-state index contributed by atoms with van der Waals surface area (Å²) in [6, 6.07) is 0. The molecule has 0 aromatic carbocycles. The van der Waals surface area contributed by atoms with E-state index in [0.29, 0.717) is 5.57 Å². The molecule has 2 heteroatoms. The molecule has 0 atom stereocenters. The first kappa shape index (κ1) is 10.8. The minimum Gasteiger partial charge on any atom is -0.366 e. The summed E-state index contributed by atoms with van der Waals surface area (Å²) in [5, 5.41) is 0. The fourth-order valence-electron chi connectivity index (χ4n) is 1.43. The lowest BCUT2D eigenvalue weighted by molar-refractivity contribution is -0.114. The van der Waals surface area contributed by atoms with Gasteiger partial charge in [-0.15, -0.1) is 0 Å². The van der Waals surface area contributed by atoms with Gasteiger partial charge in [-0.25, -0.2) is 0 Å². The molecule has 1 aliphatic rings. The van der Waals surface area contributed by atoms with Crippen LogP contribution < -0.4 is 5.73 Å². The van der Waals surface area contributed by atoms with E-state index in [1.807, 2.05) is 6.08 Å². The molecule has 2 N–H and O–H groups in total. The molecular weight excluding hydrogens is 174 g/mol. The van der Waals surface area contributed by atoms with Gasteiger partial charge in [0.1, 0.15) is 0 Å². The number of hydrogen-bond acceptors (Lipinski definition) is 1. The SMILES string of the molecule is CC(=CCCCC1=CC=CC1)C(N)=O. The zero-order valence-corrected chi connectivity index (χ0v) is 8.62. The molecule has 0 bridgehead atoms. The molecule has 1 rings (SSSR count). The summed E-state index contributed by atoms with van der Waals surface area (Å²) in [7, 11) is 0. The highest BCUT2D eigenvalue weighted by Crippen LogP contribution is 2.17. The smallest absolute Gasteiger partial charge is 0.244 e. The number of rotatable bonds is 5. The lowest BCUT2D eigenvalue weighted by Gasteiger charge is -1.99. The fourth-order valence-corrected chi connectivity index (χ4v) is 1.43. The molecule has 76 valence electrons. The van der Waals surface area contributed by atoms with Gasteiger partial charge in [-0.3, -0.25) is 4.79 Å². The third-order valence-corrected chi connectivity index (χ3v) is 2.39. The van der Waals surface area contributed by atoms with Crippen LogP contribution in [-0.4, -0.2) is 5.91 Å². The van der Waals surface area contributed by atoms with E-state index in [9.17, 15) is 4.79 Å². The zero-order valence-electron chi connectivity index (χ0n) is 8.62. The summed E-state index contributed by atoms with van der Waals surface area (Å²) < 4.78 is 0. The molecule has 0 aromatic heterocycles. The number of nitrogens with two attached hydrogens (primary N) is 1. The van der Waals surface area contributed by atoms with Gasteiger partial charge in [-0.05, 0) is 32.6 Å². The third-order valence-electron chi connectivity index (χ3n) is 2.39. The van der Waals surface area contributed by atoms with Gasteiger partial charge < -0.3 is 5.73 Å². The van der Waals surface area contributed by atoms with Crippen molar-refractivity contribution < 1.29 is 4.79 Å². The van der Waals surface area contributed by atoms with Crippen LogP contribution in [0.3, 0.4) is 0 Å². The number of amides is 1. The molecule has 0 heterocycles.